The van der Waals surface area contributed by atoms with Gasteiger partial charge in [0.2, 0.25) is 0 Å². The van der Waals surface area contributed by atoms with Crippen molar-refractivity contribution >= 4 is 12.0 Å². The number of hydrogen-bond acceptors (Lipinski definition) is 3. The molecule has 4 N–H and O–H groups in total. The molecule has 0 radical (unpaired) electrons. The molecule has 1 aromatic rings. The molecule has 0 saturated heterocycles. The summed E-state index contributed by atoms with van der Waals surface area (Å²) in [6, 6.07) is 9.69. The zero-order valence-electron chi connectivity index (χ0n) is 12.1. The quantitative estimate of drug-likeness (QED) is 0.581. The van der Waals surface area contributed by atoms with Crippen LogP contribution in [0.4, 0.5) is 4.79 Å². The third-order valence-corrected chi connectivity index (χ3v) is 3.22. The van der Waals surface area contributed by atoms with Gasteiger partial charge in [-0.15, -0.1) is 0 Å². The van der Waals surface area contributed by atoms with Crippen molar-refractivity contribution in [3.05, 3.63) is 35.9 Å². The van der Waals surface area contributed by atoms with Crippen molar-refractivity contribution in [1.29, 1.82) is 0 Å². The molecule has 0 aliphatic rings. The number of aliphatic hydroxyl groups is 1. The van der Waals surface area contributed by atoms with Crippen LogP contribution >= 0.6 is 0 Å². The summed E-state index contributed by atoms with van der Waals surface area (Å²) in [4.78, 5) is 21.8. The van der Waals surface area contributed by atoms with Gasteiger partial charge in [-0.25, -0.2) is 9.59 Å². The third-order valence-electron chi connectivity index (χ3n) is 3.22. The molecule has 0 spiro atoms. The Kier molecular flexibility index (Phi) is 7.25. The van der Waals surface area contributed by atoms with Crippen molar-refractivity contribution in [3.63, 3.8) is 0 Å². The Bertz CT molecular complexity index is 450. The number of carbonyl (C=O) groups excluding carboxylic acids is 1. The zero-order chi connectivity index (χ0) is 15.7. The monoisotopic (exact) mass is 294 g/mol. The van der Waals surface area contributed by atoms with Crippen LogP contribution in [0.1, 0.15) is 31.2 Å². The molecule has 0 aliphatic carbocycles. The molecule has 0 aromatic heterocycles. The summed E-state index contributed by atoms with van der Waals surface area (Å²) in [6.07, 6.45) is -0.637. The van der Waals surface area contributed by atoms with Gasteiger partial charge in [0.05, 0.1) is 0 Å². The summed E-state index contributed by atoms with van der Waals surface area (Å²) in [5.74, 6) is -0.936. The second-order valence-electron chi connectivity index (χ2n) is 4.93. The number of rotatable bonds is 8. The van der Waals surface area contributed by atoms with Crippen LogP contribution in [0.2, 0.25) is 0 Å². The third kappa shape index (κ3) is 6.76. The first kappa shape index (κ1) is 17.0. The second-order valence-corrected chi connectivity index (χ2v) is 4.93. The summed E-state index contributed by atoms with van der Waals surface area (Å²) in [5.41, 5.74) is 1.23. The first-order valence-corrected chi connectivity index (χ1v) is 6.98. The largest absolute Gasteiger partial charge is 0.479 e. The lowest BCUT2D eigenvalue weighted by Crippen LogP contribution is -2.38. The van der Waals surface area contributed by atoms with Gasteiger partial charge in [0.1, 0.15) is 0 Å². The molecular formula is C15H22N2O4. The Morgan fingerprint density at radius 3 is 2.24 bits per heavy atom. The van der Waals surface area contributed by atoms with Crippen molar-refractivity contribution < 1.29 is 19.8 Å². The van der Waals surface area contributed by atoms with E-state index in [1.54, 1.807) is 0 Å². The number of carboxylic acid groups (broad SMARTS) is 1. The molecule has 1 unspecified atom stereocenters. The fraction of sp³-hybridized carbons (Fsp3) is 0.467. The fourth-order valence-corrected chi connectivity index (χ4v) is 1.86. The molecule has 21 heavy (non-hydrogen) atoms. The average molecular weight is 294 g/mol. The molecule has 0 saturated carbocycles. The Morgan fingerprint density at radius 2 is 1.67 bits per heavy atom. The molecule has 2 amide bonds. The number of amides is 2. The number of carbonyl (C=O) groups is 2. The highest BCUT2D eigenvalue weighted by Gasteiger charge is 2.12. The zero-order valence-corrected chi connectivity index (χ0v) is 12.1. The standard InChI is InChI=1S/C15H22N2O4/c1-11(12-5-3-2-4-6-12)7-9-16-15(21)17-10-8-13(18)14(19)20/h2-6,11,13,18H,7-10H2,1H3,(H,19,20)(H2,16,17,21)/t11?,13-/m0/s1. The van der Waals surface area contributed by atoms with E-state index in [0.717, 1.165) is 6.42 Å². The van der Waals surface area contributed by atoms with Crippen LogP contribution in [0, 0.1) is 0 Å². The summed E-state index contributed by atoms with van der Waals surface area (Å²) in [5, 5.41) is 22.7. The van der Waals surface area contributed by atoms with E-state index in [0.29, 0.717) is 12.5 Å². The first-order valence-electron chi connectivity index (χ1n) is 6.98. The highest BCUT2D eigenvalue weighted by atomic mass is 16.4. The summed E-state index contributed by atoms with van der Waals surface area (Å²) < 4.78 is 0. The molecule has 116 valence electrons. The molecule has 6 nitrogen and oxygen atoms in total. The predicted molar refractivity (Wildman–Crippen MR) is 79.1 cm³/mol. The number of aliphatic hydroxyl groups excluding tert-OH is 1. The Balaban J connectivity index is 2.15. The second kappa shape index (κ2) is 8.97. The summed E-state index contributed by atoms with van der Waals surface area (Å²) >= 11 is 0. The first-order chi connectivity index (χ1) is 10.0. The van der Waals surface area contributed by atoms with E-state index < -0.39 is 12.1 Å². The topological polar surface area (TPSA) is 98.7 Å². The van der Waals surface area contributed by atoms with E-state index >= 15 is 0 Å². The van der Waals surface area contributed by atoms with Gasteiger partial charge in [-0.05, 0) is 17.9 Å². The molecule has 6 heteroatoms. The van der Waals surface area contributed by atoms with Crippen molar-refractivity contribution in [3.8, 4) is 0 Å². The fourth-order valence-electron chi connectivity index (χ4n) is 1.86. The number of aliphatic carboxylic acids is 1. The van der Waals surface area contributed by atoms with E-state index in [1.165, 1.54) is 5.56 Å². The van der Waals surface area contributed by atoms with Crippen LogP contribution in [-0.4, -0.2) is 41.4 Å². The number of urea groups is 1. The molecule has 0 bridgehead atoms. The van der Waals surface area contributed by atoms with Gasteiger partial charge >= 0.3 is 12.0 Å². The lowest BCUT2D eigenvalue weighted by atomic mass is 9.98. The van der Waals surface area contributed by atoms with Crippen LogP contribution in [0.5, 0.6) is 0 Å². The molecule has 0 aliphatic heterocycles. The highest BCUT2D eigenvalue weighted by molar-refractivity contribution is 5.74. The van der Waals surface area contributed by atoms with Gasteiger partial charge in [-0.1, -0.05) is 37.3 Å². The van der Waals surface area contributed by atoms with E-state index in [9.17, 15) is 9.59 Å². The maximum Gasteiger partial charge on any atom is 0.332 e. The van der Waals surface area contributed by atoms with Gasteiger partial charge < -0.3 is 20.8 Å². The Hall–Kier alpha value is -2.08. The molecule has 2 atom stereocenters. The van der Waals surface area contributed by atoms with E-state index in [4.69, 9.17) is 10.2 Å². The highest BCUT2D eigenvalue weighted by Crippen LogP contribution is 2.17. The van der Waals surface area contributed by atoms with Gasteiger partial charge in [0.15, 0.2) is 6.10 Å². The SMILES string of the molecule is CC(CCNC(=O)NCC[C@H](O)C(=O)O)c1ccccc1. The lowest BCUT2D eigenvalue weighted by molar-refractivity contribution is -0.146. The van der Waals surface area contributed by atoms with Gasteiger partial charge in [-0.3, -0.25) is 0 Å². The van der Waals surface area contributed by atoms with Crippen molar-refractivity contribution in [2.75, 3.05) is 13.1 Å². The van der Waals surface area contributed by atoms with Crippen LogP contribution in [0.25, 0.3) is 0 Å². The molecule has 1 aromatic carbocycles. The number of benzene rings is 1. The maximum atomic E-state index is 11.5. The summed E-state index contributed by atoms with van der Waals surface area (Å²) in [7, 11) is 0. The van der Waals surface area contributed by atoms with E-state index in [-0.39, 0.29) is 19.0 Å². The van der Waals surface area contributed by atoms with Crippen molar-refractivity contribution in [2.24, 2.45) is 0 Å². The van der Waals surface area contributed by atoms with Crippen LogP contribution in [0.3, 0.4) is 0 Å². The Labute approximate surface area is 124 Å². The summed E-state index contributed by atoms with van der Waals surface area (Å²) in [6.45, 7) is 2.75. The number of carboxylic acids is 1. The molecule has 0 heterocycles. The normalized spacial score (nSPS) is 13.2. The van der Waals surface area contributed by atoms with E-state index in [2.05, 4.69) is 29.7 Å². The van der Waals surface area contributed by atoms with Crippen LogP contribution < -0.4 is 10.6 Å². The number of hydrogen-bond donors (Lipinski definition) is 4. The predicted octanol–water partition coefficient (Wildman–Crippen LogP) is 1.31. The maximum absolute atomic E-state index is 11.5. The lowest BCUT2D eigenvalue weighted by Gasteiger charge is -2.13. The van der Waals surface area contributed by atoms with Gasteiger partial charge in [0.25, 0.3) is 0 Å². The average Bonchev–Trinajstić information content (AvgIpc) is 2.47. The van der Waals surface area contributed by atoms with Gasteiger partial charge in [-0.2, -0.15) is 0 Å². The minimum atomic E-state index is -1.44. The minimum Gasteiger partial charge on any atom is -0.479 e. The van der Waals surface area contributed by atoms with Gasteiger partial charge in [0, 0.05) is 19.5 Å². The van der Waals surface area contributed by atoms with Crippen molar-refractivity contribution in [2.45, 2.75) is 31.8 Å². The van der Waals surface area contributed by atoms with Crippen molar-refractivity contribution in [1.82, 2.24) is 10.6 Å². The minimum absolute atomic E-state index is 0.0107. The number of nitrogens with one attached hydrogen (secondary N) is 2. The smallest absolute Gasteiger partial charge is 0.332 e. The van der Waals surface area contributed by atoms with Crippen LogP contribution in [-0.2, 0) is 4.79 Å². The molecule has 0 fully saturated rings. The molecular weight excluding hydrogens is 272 g/mol. The Morgan fingerprint density at radius 1 is 1.10 bits per heavy atom. The molecule has 1 rings (SSSR count). The van der Waals surface area contributed by atoms with E-state index in [1.807, 2.05) is 18.2 Å². The van der Waals surface area contributed by atoms with Crippen LogP contribution in [0.15, 0.2) is 30.3 Å².